The van der Waals surface area contributed by atoms with Gasteiger partial charge in [-0.2, -0.15) is 5.10 Å². The predicted molar refractivity (Wildman–Crippen MR) is 89.0 cm³/mol. The molecular formula is C18H19F2N3O2. The lowest BCUT2D eigenvalue weighted by atomic mass is 9.81. The molecule has 0 amide bonds. The second-order valence-electron chi connectivity index (χ2n) is 5.76. The van der Waals surface area contributed by atoms with Crippen LogP contribution in [0.2, 0.25) is 0 Å². The molecule has 25 heavy (non-hydrogen) atoms. The largest absolute Gasteiger partial charge is 0.463 e. The van der Waals surface area contributed by atoms with Crippen LogP contribution in [0, 0.1) is 11.6 Å². The summed E-state index contributed by atoms with van der Waals surface area (Å²) in [6.07, 6.45) is 2.85. The second kappa shape index (κ2) is 7.04. The second-order valence-corrected chi connectivity index (χ2v) is 5.76. The lowest BCUT2D eigenvalue weighted by molar-refractivity contribution is -0.138. The molecule has 1 aliphatic heterocycles. The summed E-state index contributed by atoms with van der Waals surface area (Å²) in [4.78, 5) is 12.6. The fraction of sp³-hybridized carbons (Fsp3) is 0.333. The highest BCUT2D eigenvalue weighted by atomic mass is 19.2. The monoisotopic (exact) mass is 347 g/mol. The van der Waals surface area contributed by atoms with Gasteiger partial charge in [-0.3, -0.25) is 5.10 Å². The minimum atomic E-state index is -0.973. The Morgan fingerprint density at radius 1 is 1.28 bits per heavy atom. The average molecular weight is 347 g/mol. The van der Waals surface area contributed by atoms with E-state index in [0.29, 0.717) is 29.1 Å². The zero-order valence-electron chi connectivity index (χ0n) is 14.0. The van der Waals surface area contributed by atoms with Crippen molar-refractivity contribution < 1.29 is 18.3 Å². The molecule has 1 aromatic carbocycles. The predicted octanol–water partition coefficient (Wildman–Crippen LogP) is 3.86. The molecule has 2 N–H and O–H groups in total. The minimum absolute atomic E-state index is 0.0841. The van der Waals surface area contributed by atoms with Gasteiger partial charge in [0.15, 0.2) is 11.6 Å². The summed E-state index contributed by atoms with van der Waals surface area (Å²) in [5, 5.41) is 9.94. The van der Waals surface area contributed by atoms with Gasteiger partial charge in [-0.05, 0) is 19.4 Å². The van der Waals surface area contributed by atoms with Crippen LogP contribution in [0.5, 0.6) is 0 Å². The molecule has 0 radical (unpaired) electrons. The molecular weight excluding hydrogens is 328 g/mol. The molecule has 2 heterocycles. The maximum atomic E-state index is 14.5. The van der Waals surface area contributed by atoms with Crippen molar-refractivity contribution >= 4 is 11.8 Å². The number of hydrogen-bond acceptors (Lipinski definition) is 4. The fourth-order valence-corrected chi connectivity index (χ4v) is 3.13. The number of fused-ring (bicyclic) bond motifs is 1. The van der Waals surface area contributed by atoms with Gasteiger partial charge >= 0.3 is 5.97 Å². The molecule has 5 nitrogen and oxygen atoms in total. The van der Waals surface area contributed by atoms with Crippen molar-refractivity contribution in [2.75, 3.05) is 11.9 Å². The number of ether oxygens (including phenoxy) is 1. The Hall–Kier alpha value is -2.70. The van der Waals surface area contributed by atoms with Crippen LogP contribution in [0.3, 0.4) is 0 Å². The van der Waals surface area contributed by atoms with E-state index in [1.807, 2.05) is 6.92 Å². The Morgan fingerprint density at radius 3 is 2.80 bits per heavy atom. The first-order chi connectivity index (χ1) is 12.1. The summed E-state index contributed by atoms with van der Waals surface area (Å²) in [6, 6.07) is 3.96. The number of allylic oxidation sites excluding steroid dienone is 1. The molecule has 132 valence electrons. The number of halogens is 2. The van der Waals surface area contributed by atoms with Crippen molar-refractivity contribution in [1.82, 2.24) is 10.2 Å². The SMILES string of the molecule is CCCC1=C(C(=O)OCC)C(c2cccc(F)c2F)c2cn[nH]c2N1. The lowest BCUT2D eigenvalue weighted by Crippen LogP contribution is -2.25. The Kier molecular flexibility index (Phi) is 4.83. The van der Waals surface area contributed by atoms with Crippen LogP contribution in [0.25, 0.3) is 0 Å². The Labute approximate surface area is 144 Å². The van der Waals surface area contributed by atoms with Crippen molar-refractivity contribution in [2.45, 2.75) is 32.6 Å². The van der Waals surface area contributed by atoms with Crippen LogP contribution in [-0.4, -0.2) is 22.8 Å². The number of aromatic nitrogens is 2. The molecule has 3 rings (SSSR count). The molecule has 1 unspecified atom stereocenters. The van der Waals surface area contributed by atoms with Crippen LogP contribution in [-0.2, 0) is 9.53 Å². The van der Waals surface area contributed by atoms with Gasteiger partial charge in [0, 0.05) is 16.8 Å². The van der Waals surface area contributed by atoms with Gasteiger partial charge in [-0.25, -0.2) is 13.6 Å². The third kappa shape index (κ3) is 3.01. The number of nitrogens with one attached hydrogen (secondary N) is 2. The maximum absolute atomic E-state index is 14.5. The van der Waals surface area contributed by atoms with Crippen LogP contribution in [0.1, 0.15) is 43.7 Å². The minimum Gasteiger partial charge on any atom is -0.463 e. The van der Waals surface area contributed by atoms with E-state index in [9.17, 15) is 13.6 Å². The van der Waals surface area contributed by atoms with Gasteiger partial charge in [0.25, 0.3) is 0 Å². The third-order valence-corrected chi connectivity index (χ3v) is 4.16. The van der Waals surface area contributed by atoms with E-state index in [2.05, 4.69) is 15.5 Å². The van der Waals surface area contributed by atoms with Crippen molar-refractivity contribution in [3.05, 3.63) is 58.4 Å². The number of rotatable bonds is 5. The molecule has 1 aliphatic rings. The molecule has 0 spiro atoms. The fourth-order valence-electron chi connectivity index (χ4n) is 3.13. The smallest absolute Gasteiger partial charge is 0.336 e. The quantitative estimate of drug-likeness (QED) is 0.806. The standard InChI is InChI=1S/C18H19F2N3O2/c1-3-6-13-15(18(24)25-4-2)14(11-9-21-23-17(11)22-13)10-7-5-8-12(19)16(10)20/h5,7-9,14H,3-4,6H2,1-2H3,(H2,21,22,23). The van der Waals surface area contributed by atoms with E-state index in [1.54, 1.807) is 6.92 Å². The normalized spacial score (nSPS) is 16.4. The van der Waals surface area contributed by atoms with Gasteiger partial charge in [0.2, 0.25) is 0 Å². The van der Waals surface area contributed by atoms with Gasteiger partial charge in [0.05, 0.1) is 24.3 Å². The molecule has 0 saturated heterocycles. The number of aromatic amines is 1. The highest BCUT2D eigenvalue weighted by molar-refractivity contribution is 5.94. The first-order valence-corrected chi connectivity index (χ1v) is 8.22. The summed E-state index contributed by atoms with van der Waals surface area (Å²) in [5.74, 6) is -2.68. The molecule has 0 fully saturated rings. The highest BCUT2D eigenvalue weighted by Crippen LogP contribution is 2.43. The van der Waals surface area contributed by atoms with Crippen LogP contribution >= 0.6 is 0 Å². The highest BCUT2D eigenvalue weighted by Gasteiger charge is 2.37. The van der Waals surface area contributed by atoms with Gasteiger partial charge < -0.3 is 10.1 Å². The van der Waals surface area contributed by atoms with Crippen molar-refractivity contribution in [3.8, 4) is 0 Å². The number of nitrogens with zero attached hydrogens (tertiary/aromatic N) is 1. The summed E-state index contributed by atoms with van der Waals surface area (Å²) in [5.41, 5.74) is 1.58. The maximum Gasteiger partial charge on any atom is 0.336 e. The Morgan fingerprint density at radius 2 is 2.08 bits per heavy atom. The van der Waals surface area contributed by atoms with E-state index >= 15 is 0 Å². The Balaban J connectivity index is 2.23. The summed E-state index contributed by atoms with van der Waals surface area (Å²) in [7, 11) is 0. The molecule has 0 aliphatic carbocycles. The molecule has 1 atom stereocenters. The first kappa shape index (κ1) is 17.1. The summed E-state index contributed by atoms with van der Waals surface area (Å²) < 4.78 is 33.5. The number of anilines is 1. The van der Waals surface area contributed by atoms with Gasteiger partial charge in [-0.1, -0.05) is 25.5 Å². The van der Waals surface area contributed by atoms with Crippen molar-refractivity contribution in [1.29, 1.82) is 0 Å². The molecule has 0 saturated carbocycles. The number of hydrogen-bond donors (Lipinski definition) is 2. The van der Waals surface area contributed by atoms with Crippen LogP contribution in [0.15, 0.2) is 35.7 Å². The summed E-state index contributed by atoms with van der Waals surface area (Å²) >= 11 is 0. The third-order valence-electron chi connectivity index (χ3n) is 4.16. The van der Waals surface area contributed by atoms with E-state index < -0.39 is 23.5 Å². The zero-order valence-corrected chi connectivity index (χ0v) is 14.0. The number of esters is 1. The van der Waals surface area contributed by atoms with Crippen LogP contribution in [0.4, 0.5) is 14.6 Å². The van der Waals surface area contributed by atoms with E-state index in [4.69, 9.17) is 4.74 Å². The average Bonchev–Trinajstić information content (AvgIpc) is 3.05. The molecule has 0 bridgehead atoms. The molecule has 2 aromatic rings. The molecule has 7 heteroatoms. The summed E-state index contributed by atoms with van der Waals surface area (Å²) in [6.45, 7) is 3.87. The van der Waals surface area contributed by atoms with Crippen LogP contribution < -0.4 is 5.32 Å². The zero-order chi connectivity index (χ0) is 18.0. The van der Waals surface area contributed by atoms with E-state index in [-0.39, 0.29) is 12.2 Å². The number of carbonyl (C=O) groups excluding carboxylic acids is 1. The van der Waals surface area contributed by atoms with Crippen molar-refractivity contribution in [2.24, 2.45) is 0 Å². The number of carbonyl (C=O) groups is 1. The van der Waals surface area contributed by atoms with E-state index in [1.165, 1.54) is 18.3 Å². The van der Waals surface area contributed by atoms with E-state index in [0.717, 1.165) is 12.5 Å². The first-order valence-electron chi connectivity index (χ1n) is 8.22. The van der Waals surface area contributed by atoms with Gasteiger partial charge in [0.1, 0.15) is 5.82 Å². The number of H-pyrrole nitrogens is 1. The lowest BCUT2D eigenvalue weighted by Gasteiger charge is -2.29. The number of benzene rings is 1. The Bertz CT molecular complexity index is 829. The molecule has 1 aromatic heterocycles. The topological polar surface area (TPSA) is 67.0 Å². The van der Waals surface area contributed by atoms with Gasteiger partial charge in [-0.15, -0.1) is 0 Å². The van der Waals surface area contributed by atoms with Crippen molar-refractivity contribution in [3.63, 3.8) is 0 Å².